The minimum atomic E-state index is -2.85. The number of H-pyrrole nitrogens is 1. The SMILES string of the molecule is CCOC(=O)c1c(CSc2nc3ccccc3[nH]2)n(C)c2cc(Br)c(O)[c]([Sn]([CH3])([CH3])[CH3])c12. The maximum atomic E-state index is 13.2. The second kappa shape index (κ2) is 8.95. The first-order valence-corrected chi connectivity index (χ1v) is 22.2. The van der Waals surface area contributed by atoms with E-state index in [9.17, 15) is 9.90 Å². The zero-order valence-electron chi connectivity index (χ0n) is 18.7. The van der Waals surface area contributed by atoms with E-state index >= 15 is 0 Å². The number of carbonyl (C=O) groups is 1. The fourth-order valence-corrected chi connectivity index (χ4v) is 11.2. The van der Waals surface area contributed by atoms with E-state index in [1.165, 1.54) is 0 Å². The maximum absolute atomic E-state index is 13.2. The Hall–Kier alpha value is -1.65. The first-order chi connectivity index (χ1) is 15.1. The molecule has 9 heteroatoms. The Morgan fingerprint density at radius 2 is 2.03 bits per heavy atom. The third-order valence-corrected chi connectivity index (χ3v) is 12.6. The number of phenols is 1. The van der Waals surface area contributed by atoms with Crippen molar-refractivity contribution in [1.29, 1.82) is 0 Å². The molecule has 0 atom stereocenters. The molecule has 0 aliphatic rings. The van der Waals surface area contributed by atoms with E-state index in [1.54, 1.807) is 11.8 Å². The van der Waals surface area contributed by atoms with Gasteiger partial charge >= 0.3 is 205 Å². The average Bonchev–Trinajstić information content (AvgIpc) is 3.25. The van der Waals surface area contributed by atoms with Crippen LogP contribution < -0.4 is 3.58 Å². The average molecular weight is 623 g/mol. The number of imidazole rings is 1. The summed E-state index contributed by atoms with van der Waals surface area (Å²) in [7, 11) is 1.96. The molecule has 0 radical (unpaired) electrons. The summed E-state index contributed by atoms with van der Waals surface area (Å²) < 4.78 is 9.10. The van der Waals surface area contributed by atoms with Crippen molar-refractivity contribution in [2.24, 2.45) is 7.05 Å². The fraction of sp³-hybridized carbons (Fsp3) is 0.304. The molecule has 0 unspecified atom stereocenters. The molecule has 0 saturated heterocycles. The molecule has 0 fully saturated rings. The molecule has 2 aromatic carbocycles. The third-order valence-electron chi connectivity index (χ3n) is 5.48. The van der Waals surface area contributed by atoms with Crippen molar-refractivity contribution >= 4 is 77.6 Å². The molecular weight excluding hydrogens is 597 g/mol. The van der Waals surface area contributed by atoms with Crippen LogP contribution in [0.5, 0.6) is 5.75 Å². The summed E-state index contributed by atoms with van der Waals surface area (Å²) in [4.78, 5) is 27.9. The monoisotopic (exact) mass is 623 g/mol. The molecule has 4 rings (SSSR count). The summed E-state index contributed by atoms with van der Waals surface area (Å²) in [6.07, 6.45) is 0. The molecule has 0 spiro atoms. The zero-order valence-corrected chi connectivity index (χ0v) is 24.0. The quantitative estimate of drug-likeness (QED) is 0.168. The van der Waals surface area contributed by atoms with Crippen LogP contribution in [-0.2, 0) is 17.5 Å². The Kier molecular flexibility index (Phi) is 6.57. The molecule has 0 amide bonds. The number of hydrogen-bond donors (Lipinski definition) is 2. The van der Waals surface area contributed by atoms with Crippen molar-refractivity contribution in [2.75, 3.05) is 6.61 Å². The molecule has 2 aromatic heterocycles. The number of esters is 1. The van der Waals surface area contributed by atoms with Crippen molar-refractivity contribution in [2.45, 2.75) is 32.7 Å². The van der Waals surface area contributed by atoms with Gasteiger partial charge in [-0.2, -0.15) is 0 Å². The number of aromatic amines is 1. The van der Waals surface area contributed by atoms with Gasteiger partial charge in [0.15, 0.2) is 0 Å². The minimum absolute atomic E-state index is 0.244. The van der Waals surface area contributed by atoms with Crippen LogP contribution in [0.3, 0.4) is 0 Å². The number of phenolic OH excluding ortho intramolecular Hbond substituents is 1. The number of para-hydroxylation sites is 2. The van der Waals surface area contributed by atoms with E-state index < -0.39 is 18.4 Å². The molecule has 32 heavy (non-hydrogen) atoms. The predicted octanol–water partition coefficient (Wildman–Crippen LogP) is 5.54. The normalized spacial score (nSPS) is 12.1. The van der Waals surface area contributed by atoms with Crippen LogP contribution in [0.2, 0.25) is 14.8 Å². The van der Waals surface area contributed by atoms with Gasteiger partial charge in [-0.1, -0.05) is 0 Å². The van der Waals surface area contributed by atoms with Gasteiger partial charge in [-0.25, -0.2) is 0 Å². The van der Waals surface area contributed by atoms with Gasteiger partial charge in [0.05, 0.1) is 0 Å². The van der Waals surface area contributed by atoms with Crippen molar-refractivity contribution in [1.82, 2.24) is 14.5 Å². The Balaban J connectivity index is 1.90. The van der Waals surface area contributed by atoms with Crippen LogP contribution in [0.15, 0.2) is 40.0 Å². The Labute approximate surface area is 203 Å². The molecule has 0 saturated carbocycles. The van der Waals surface area contributed by atoms with Gasteiger partial charge in [0.2, 0.25) is 0 Å². The van der Waals surface area contributed by atoms with E-state index in [1.807, 2.05) is 48.9 Å². The predicted molar refractivity (Wildman–Crippen MR) is 137 cm³/mol. The van der Waals surface area contributed by atoms with Gasteiger partial charge in [-0.15, -0.1) is 0 Å². The topological polar surface area (TPSA) is 80.1 Å². The Bertz CT molecular complexity index is 1310. The molecule has 6 nitrogen and oxygen atoms in total. The molecule has 0 aliphatic carbocycles. The summed E-state index contributed by atoms with van der Waals surface area (Å²) in [5.74, 6) is 0.432. The van der Waals surface area contributed by atoms with Gasteiger partial charge < -0.3 is 0 Å². The number of carbonyl (C=O) groups excluding carboxylic acids is 1. The molecule has 168 valence electrons. The van der Waals surface area contributed by atoms with E-state index in [-0.39, 0.29) is 11.7 Å². The van der Waals surface area contributed by atoms with E-state index in [0.29, 0.717) is 22.4 Å². The van der Waals surface area contributed by atoms with Crippen LogP contribution in [0.4, 0.5) is 0 Å². The number of aromatic hydroxyl groups is 1. The molecule has 2 N–H and O–H groups in total. The number of aryl methyl sites for hydroxylation is 1. The summed E-state index contributed by atoms with van der Waals surface area (Å²) in [5, 5.41) is 12.6. The first-order valence-electron chi connectivity index (χ1n) is 10.4. The second-order valence-electron chi connectivity index (χ2n) is 8.68. The standard InChI is InChI=1S/C20H17BrN3O3S.3CH3.Sn/c1-3-27-19(26)18-11-8-17(25)12(21)9-15(11)24(2)16(18)10-28-20-22-13-6-4-5-7-14(13)23-20;;;;/h4-7,9,25H,3,10H2,1-2H3,(H,22,23);3*1H3;. The van der Waals surface area contributed by atoms with Crippen molar-refractivity contribution < 1.29 is 14.6 Å². The Morgan fingerprint density at radius 1 is 1.31 bits per heavy atom. The number of nitrogens with one attached hydrogen (secondary N) is 1. The van der Waals surface area contributed by atoms with Gasteiger partial charge in [0, 0.05) is 0 Å². The summed E-state index contributed by atoms with van der Waals surface area (Å²) in [6.45, 7) is 2.10. The zero-order chi connectivity index (χ0) is 23.2. The summed E-state index contributed by atoms with van der Waals surface area (Å²) in [5.41, 5.74) is 4.22. The number of nitrogens with zero attached hydrogens (tertiary/aromatic N) is 2. The number of thioether (sulfide) groups is 1. The third kappa shape index (κ3) is 4.17. The number of benzene rings is 2. The number of fused-ring (bicyclic) bond motifs is 2. The van der Waals surface area contributed by atoms with Crippen molar-refractivity contribution in [3.05, 3.63) is 46.1 Å². The number of aromatic nitrogens is 3. The van der Waals surface area contributed by atoms with E-state index in [4.69, 9.17) is 4.74 Å². The van der Waals surface area contributed by atoms with Gasteiger partial charge in [0.1, 0.15) is 0 Å². The van der Waals surface area contributed by atoms with E-state index in [2.05, 4.69) is 40.7 Å². The fourth-order valence-electron chi connectivity index (χ4n) is 4.06. The van der Waals surface area contributed by atoms with Gasteiger partial charge in [0.25, 0.3) is 0 Å². The van der Waals surface area contributed by atoms with Gasteiger partial charge in [-0.05, 0) is 0 Å². The van der Waals surface area contributed by atoms with E-state index in [0.717, 1.165) is 36.4 Å². The van der Waals surface area contributed by atoms with Crippen molar-refractivity contribution in [3.8, 4) is 5.75 Å². The number of halogens is 1. The van der Waals surface area contributed by atoms with Crippen LogP contribution in [0, 0.1) is 0 Å². The molecule has 4 aromatic rings. The number of hydrogen-bond acceptors (Lipinski definition) is 5. The van der Waals surface area contributed by atoms with Crippen molar-refractivity contribution in [3.63, 3.8) is 0 Å². The van der Waals surface area contributed by atoms with Crippen LogP contribution in [-0.4, -0.2) is 50.6 Å². The second-order valence-corrected chi connectivity index (χ2v) is 24.8. The van der Waals surface area contributed by atoms with Crippen LogP contribution in [0.1, 0.15) is 23.0 Å². The molecule has 0 bridgehead atoms. The first kappa shape index (κ1) is 23.5. The molecular formula is C23H26BrN3O3SSn. The summed E-state index contributed by atoms with van der Waals surface area (Å²) >= 11 is 2.22. The van der Waals surface area contributed by atoms with Crippen LogP contribution >= 0.6 is 27.7 Å². The number of ether oxygens (including phenoxy) is 1. The van der Waals surface area contributed by atoms with Crippen LogP contribution in [0.25, 0.3) is 21.9 Å². The summed E-state index contributed by atoms with van der Waals surface area (Å²) in [6, 6.07) is 9.80. The molecule has 2 heterocycles. The number of rotatable bonds is 6. The van der Waals surface area contributed by atoms with Gasteiger partial charge in [-0.3, -0.25) is 0 Å². The molecule has 0 aliphatic heterocycles. The Morgan fingerprint density at radius 3 is 2.69 bits per heavy atom.